The normalized spacial score (nSPS) is 10.3. The van der Waals surface area contributed by atoms with Gasteiger partial charge in [0.05, 0.1) is 10.6 Å². The Bertz CT molecular complexity index is 656. The number of nitrogens with zero attached hydrogens (tertiary/aromatic N) is 3. The summed E-state index contributed by atoms with van der Waals surface area (Å²) in [6.45, 7) is 3.88. The smallest absolute Gasteiger partial charge is 0.270 e. The Labute approximate surface area is 117 Å². The molecular formula is C14H16N4O2. The number of benzene rings is 1. The van der Waals surface area contributed by atoms with E-state index in [1.165, 1.54) is 12.1 Å². The number of rotatable bonds is 4. The Morgan fingerprint density at radius 1 is 1.35 bits per heavy atom. The number of aromatic nitrogens is 2. The van der Waals surface area contributed by atoms with Crippen molar-refractivity contribution in [3.05, 3.63) is 45.8 Å². The van der Waals surface area contributed by atoms with Gasteiger partial charge >= 0.3 is 0 Å². The molecule has 0 bridgehead atoms. The lowest BCUT2D eigenvalue weighted by atomic mass is 10.1. The third kappa shape index (κ3) is 2.59. The lowest BCUT2D eigenvalue weighted by Crippen LogP contribution is -2.04. The van der Waals surface area contributed by atoms with Gasteiger partial charge in [-0.1, -0.05) is 19.1 Å². The maximum Gasteiger partial charge on any atom is 0.270 e. The molecule has 1 aromatic heterocycles. The number of aryl methyl sites for hydroxylation is 1. The Morgan fingerprint density at radius 3 is 2.70 bits per heavy atom. The minimum atomic E-state index is -0.403. The van der Waals surface area contributed by atoms with Gasteiger partial charge in [-0.25, -0.2) is 9.97 Å². The van der Waals surface area contributed by atoms with Crippen LogP contribution < -0.4 is 5.32 Å². The highest BCUT2D eigenvalue weighted by Crippen LogP contribution is 2.28. The predicted octanol–water partition coefficient (Wildman–Crippen LogP) is 2.96. The van der Waals surface area contributed by atoms with Crippen molar-refractivity contribution >= 4 is 11.5 Å². The Balaban J connectivity index is 2.62. The van der Waals surface area contributed by atoms with Crippen LogP contribution in [0, 0.1) is 17.0 Å². The van der Waals surface area contributed by atoms with Gasteiger partial charge in [0, 0.05) is 36.7 Å². The van der Waals surface area contributed by atoms with Crippen molar-refractivity contribution in [1.29, 1.82) is 0 Å². The van der Waals surface area contributed by atoms with Crippen LogP contribution in [0.1, 0.15) is 18.3 Å². The van der Waals surface area contributed by atoms with Crippen LogP contribution >= 0.6 is 0 Å². The van der Waals surface area contributed by atoms with Crippen molar-refractivity contribution < 1.29 is 4.92 Å². The highest BCUT2D eigenvalue weighted by Gasteiger charge is 2.14. The summed E-state index contributed by atoms with van der Waals surface area (Å²) >= 11 is 0. The van der Waals surface area contributed by atoms with Gasteiger partial charge in [0.15, 0.2) is 0 Å². The highest BCUT2D eigenvalue weighted by atomic mass is 16.6. The third-order valence-corrected chi connectivity index (χ3v) is 3.08. The summed E-state index contributed by atoms with van der Waals surface area (Å²) in [7, 11) is 1.80. The molecule has 0 aliphatic rings. The zero-order valence-corrected chi connectivity index (χ0v) is 11.7. The van der Waals surface area contributed by atoms with E-state index in [9.17, 15) is 10.1 Å². The Kier molecular flexibility index (Phi) is 3.93. The van der Waals surface area contributed by atoms with E-state index in [1.807, 2.05) is 19.9 Å². The van der Waals surface area contributed by atoms with E-state index in [2.05, 4.69) is 15.3 Å². The molecule has 0 saturated carbocycles. The molecule has 6 nitrogen and oxygen atoms in total. The van der Waals surface area contributed by atoms with Gasteiger partial charge in [-0.3, -0.25) is 10.1 Å². The van der Waals surface area contributed by atoms with Gasteiger partial charge in [-0.2, -0.15) is 0 Å². The van der Waals surface area contributed by atoms with Crippen molar-refractivity contribution in [2.45, 2.75) is 20.3 Å². The third-order valence-electron chi connectivity index (χ3n) is 3.08. The lowest BCUT2D eigenvalue weighted by Gasteiger charge is -2.11. The first-order chi connectivity index (χ1) is 9.56. The van der Waals surface area contributed by atoms with Crippen LogP contribution in [0.4, 0.5) is 11.5 Å². The first-order valence-electron chi connectivity index (χ1n) is 6.37. The number of hydrogen-bond donors (Lipinski definition) is 1. The van der Waals surface area contributed by atoms with Crippen LogP contribution in [0.5, 0.6) is 0 Å². The van der Waals surface area contributed by atoms with E-state index >= 15 is 0 Å². The van der Waals surface area contributed by atoms with Crippen LogP contribution in [0.15, 0.2) is 24.3 Å². The molecule has 1 heterocycles. The van der Waals surface area contributed by atoms with Gasteiger partial charge in [0.1, 0.15) is 11.6 Å². The van der Waals surface area contributed by atoms with Crippen molar-refractivity contribution in [3.8, 4) is 11.3 Å². The standard InChI is InChI=1S/C14H16N4O2/c1-4-12-16-13(9(2)14(15-3)17-12)10-6-5-7-11(8-10)18(19)20/h5-8H,4H2,1-3H3,(H,15,16,17). The summed E-state index contributed by atoms with van der Waals surface area (Å²) in [6.07, 6.45) is 0.705. The zero-order valence-electron chi connectivity index (χ0n) is 11.7. The quantitative estimate of drug-likeness (QED) is 0.683. The summed E-state index contributed by atoms with van der Waals surface area (Å²) in [6, 6.07) is 6.49. The molecule has 0 fully saturated rings. The average molecular weight is 272 g/mol. The Hall–Kier alpha value is -2.50. The van der Waals surface area contributed by atoms with Crippen LogP contribution in [0.2, 0.25) is 0 Å². The summed E-state index contributed by atoms with van der Waals surface area (Å²) in [5.41, 5.74) is 2.39. The van der Waals surface area contributed by atoms with E-state index < -0.39 is 4.92 Å². The van der Waals surface area contributed by atoms with E-state index in [0.29, 0.717) is 12.2 Å². The van der Waals surface area contributed by atoms with Crippen LogP contribution in [0.3, 0.4) is 0 Å². The molecule has 6 heteroatoms. The van der Waals surface area contributed by atoms with E-state index in [0.717, 1.165) is 22.6 Å². The van der Waals surface area contributed by atoms with Crippen molar-refractivity contribution in [1.82, 2.24) is 9.97 Å². The van der Waals surface area contributed by atoms with Crippen molar-refractivity contribution in [2.24, 2.45) is 0 Å². The second-order valence-corrected chi connectivity index (χ2v) is 4.37. The Morgan fingerprint density at radius 2 is 2.10 bits per heavy atom. The first-order valence-corrected chi connectivity index (χ1v) is 6.37. The predicted molar refractivity (Wildman–Crippen MR) is 77.8 cm³/mol. The zero-order chi connectivity index (χ0) is 14.7. The number of hydrogen-bond acceptors (Lipinski definition) is 5. The van der Waals surface area contributed by atoms with Gasteiger partial charge in [-0.05, 0) is 6.92 Å². The lowest BCUT2D eigenvalue weighted by molar-refractivity contribution is -0.384. The largest absolute Gasteiger partial charge is 0.373 e. The highest BCUT2D eigenvalue weighted by molar-refractivity contribution is 5.69. The fourth-order valence-electron chi connectivity index (χ4n) is 2.01. The fraction of sp³-hybridized carbons (Fsp3) is 0.286. The van der Waals surface area contributed by atoms with Gasteiger partial charge in [0.2, 0.25) is 0 Å². The molecule has 20 heavy (non-hydrogen) atoms. The van der Waals surface area contributed by atoms with Crippen molar-refractivity contribution in [3.63, 3.8) is 0 Å². The summed E-state index contributed by atoms with van der Waals surface area (Å²) in [5, 5.41) is 13.9. The van der Waals surface area contributed by atoms with Gasteiger partial charge < -0.3 is 5.32 Å². The summed E-state index contributed by atoms with van der Waals surface area (Å²) < 4.78 is 0. The molecule has 0 saturated heterocycles. The number of non-ortho nitro benzene ring substituents is 1. The SMILES string of the molecule is CCc1nc(NC)c(C)c(-c2cccc([N+](=O)[O-])c2)n1. The summed E-state index contributed by atoms with van der Waals surface area (Å²) in [5.74, 6) is 1.46. The molecule has 0 amide bonds. The molecule has 1 aromatic carbocycles. The second-order valence-electron chi connectivity index (χ2n) is 4.37. The first kappa shape index (κ1) is 13.9. The minimum Gasteiger partial charge on any atom is -0.373 e. The number of anilines is 1. The fourth-order valence-corrected chi connectivity index (χ4v) is 2.01. The molecule has 0 unspecified atom stereocenters. The molecule has 2 rings (SSSR count). The summed E-state index contributed by atoms with van der Waals surface area (Å²) in [4.78, 5) is 19.4. The van der Waals surface area contributed by atoms with E-state index in [4.69, 9.17) is 0 Å². The number of nitrogens with one attached hydrogen (secondary N) is 1. The molecule has 0 aliphatic carbocycles. The average Bonchev–Trinajstić information content (AvgIpc) is 2.47. The minimum absolute atomic E-state index is 0.0598. The van der Waals surface area contributed by atoms with Crippen LogP contribution in [-0.4, -0.2) is 21.9 Å². The van der Waals surface area contributed by atoms with Gasteiger partial charge in [-0.15, -0.1) is 0 Å². The maximum absolute atomic E-state index is 10.9. The van der Waals surface area contributed by atoms with Crippen LogP contribution in [0.25, 0.3) is 11.3 Å². The van der Waals surface area contributed by atoms with Gasteiger partial charge in [0.25, 0.3) is 5.69 Å². The number of nitro benzene ring substituents is 1. The molecule has 0 radical (unpaired) electrons. The molecule has 2 aromatic rings. The molecule has 0 spiro atoms. The molecule has 0 atom stereocenters. The van der Waals surface area contributed by atoms with Crippen molar-refractivity contribution in [2.75, 3.05) is 12.4 Å². The molecule has 0 aliphatic heterocycles. The van der Waals surface area contributed by atoms with E-state index in [1.54, 1.807) is 13.1 Å². The molecule has 1 N–H and O–H groups in total. The van der Waals surface area contributed by atoms with E-state index in [-0.39, 0.29) is 5.69 Å². The maximum atomic E-state index is 10.9. The monoisotopic (exact) mass is 272 g/mol. The second kappa shape index (κ2) is 5.64. The molecular weight excluding hydrogens is 256 g/mol. The topological polar surface area (TPSA) is 81.0 Å². The molecule has 104 valence electrons. The van der Waals surface area contributed by atoms with Crippen LogP contribution in [-0.2, 0) is 6.42 Å². The number of nitro groups is 1.